The van der Waals surface area contributed by atoms with E-state index in [-0.39, 0.29) is 85.6 Å². The molecule has 3 atom stereocenters. The molecule has 6 aliphatic rings. The summed E-state index contributed by atoms with van der Waals surface area (Å²) in [7, 11) is 0. The Labute approximate surface area is 690 Å². The van der Waals surface area contributed by atoms with Crippen LogP contribution in [0.3, 0.4) is 0 Å². The minimum atomic E-state index is -0.490. The molecule has 12 aromatic rings. The Bertz CT molecular complexity index is 5130. The Morgan fingerprint density at radius 1 is 0.482 bits per heavy atom. The number of halogens is 1. The number of carbonyl (C=O) groups excluding carboxylic acids is 2. The second kappa shape index (κ2) is 35.1. The van der Waals surface area contributed by atoms with Crippen molar-refractivity contribution in [3.8, 4) is 0 Å². The molecule has 3 aliphatic heterocycles. The van der Waals surface area contributed by atoms with Crippen LogP contribution in [0, 0.1) is 22.3 Å². The largest absolute Gasteiger partial charge is 1.00 e. The van der Waals surface area contributed by atoms with Gasteiger partial charge in [0.05, 0.1) is 26.3 Å². The van der Waals surface area contributed by atoms with Gasteiger partial charge in [-0.25, -0.2) is 29.5 Å². The maximum atomic E-state index is 12.5. The molecule has 27 heteroatoms. The van der Waals surface area contributed by atoms with Gasteiger partial charge in [-0.15, -0.1) is 6.20 Å². The number of nitrogens with zero attached hydrogens (tertiary/aromatic N) is 15. The molecule has 4 N–H and O–H groups in total. The van der Waals surface area contributed by atoms with Crippen molar-refractivity contribution in [2.24, 2.45) is 22.0 Å². The second-order valence-electron chi connectivity index (χ2n) is 31.3. The number of nitrogens with one attached hydrogen (secondary N) is 2. The van der Waals surface area contributed by atoms with Crippen LogP contribution in [0.4, 0.5) is 27.4 Å². The van der Waals surface area contributed by atoms with Gasteiger partial charge in [0.1, 0.15) is 11.2 Å². The SMILES string of the molecule is Brc1cccc2ncccc12.C.CC(C)(C)OC(=O)N[C@@H]1CCCC12CCN(c1nc[c-]c3nccn13)CC2.CC(C)(C)OC(=O)N[C@@H]1CCCC12CCN(c1ncc(Sc3cccc4ncccc34)c3nccn13)CC2.N[C@@H]1CCCC12CCN(c1ncc(Sc3cccc4ncccc34)c3nccn13)CC2.[Na+].[SH-]. The van der Waals surface area contributed by atoms with Crippen LogP contribution in [0.15, 0.2) is 189 Å². The van der Waals surface area contributed by atoms with Crippen LogP contribution in [0.2, 0.25) is 0 Å². The molecule has 22 nitrogen and oxygen atoms in total. The minimum Gasteiger partial charge on any atom is -0.813 e. The van der Waals surface area contributed by atoms with E-state index in [1.165, 1.54) is 24.2 Å². The van der Waals surface area contributed by atoms with E-state index in [0.29, 0.717) is 11.5 Å². The number of anilines is 3. The van der Waals surface area contributed by atoms with Crippen LogP contribution in [-0.2, 0) is 23.0 Å². The summed E-state index contributed by atoms with van der Waals surface area (Å²) in [5.74, 6) is 2.83. The number of hydrogen-bond donors (Lipinski definition) is 3. The fourth-order valence-corrected chi connectivity index (χ4v) is 19.6. The third-order valence-corrected chi connectivity index (χ3v) is 25.4. The Kier molecular flexibility index (Phi) is 26.0. The van der Waals surface area contributed by atoms with E-state index in [9.17, 15) is 9.59 Å². The normalized spacial score (nSPS) is 19.1. The topological polar surface area (TPSA) is 242 Å². The summed E-state index contributed by atoms with van der Waals surface area (Å²) in [5, 5.41) is 9.80. The smallest absolute Gasteiger partial charge is 0.813 e. The van der Waals surface area contributed by atoms with Gasteiger partial charge in [-0.05, 0) is 195 Å². The number of alkyl carbamates (subject to hydrolysis) is 2. The molecule has 0 unspecified atom stereocenters. The van der Waals surface area contributed by atoms with Crippen molar-refractivity contribution in [3.63, 3.8) is 0 Å². The maximum Gasteiger partial charge on any atom is 1.00 e. The zero-order chi connectivity index (χ0) is 73.9. The number of imidazole rings is 3. The Morgan fingerprint density at radius 3 is 1.33 bits per heavy atom. The van der Waals surface area contributed by atoms with Gasteiger partial charge in [-0.2, -0.15) is 0 Å². The number of benzene rings is 3. The first-order valence-electron chi connectivity index (χ1n) is 37.6. The van der Waals surface area contributed by atoms with Crippen molar-refractivity contribution in [2.45, 2.75) is 194 Å². The summed E-state index contributed by atoms with van der Waals surface area (Å²) in [4.78, 5) is 77.4. The molecule has 3 spiro atoms. The number of amides is 2. The number of fused-ring (bicyclic) bond motifs is 6. The van der Waals surface area contributed by atoms with Crippen molar-refractivity contribution in [1.29, 1.82) is 0 Å². The number of thiol groups is 1. The molecule has 572 valence electrons. The molecular formula is C83H99BrN18NaO4S3-. The van der Waals surface area contributed by atoms with Crippen LogP contribution in [0.25, 0.3) is 49.7 Å². The summed E-state index contributed by atoms with van der Waals surface area (Å²) in [6.07, 6.45) is 38.8. The summed E-state index contributed by atoms with van der Waals surface area (Å²) in [5.41, 5.74) is 11.8. The number of aromatic nitrogens is 12. The summed E-state index contributed by atoms with van der Waals surface area (Å²) in [6.45, 7) is 17.1. The second-order valence-corrected chi connectivity index (χ2v) is 34.3. The number of hydrogen-bond acceptors (Lipinski definition) is 20. The molecule has 12 heterocycles. The van der Waals surface area contributed by atoms with Gasteiger partial charge in [0.15, 0.2) is 11.3 Å². The van der Waals surface area contributed by atoms with Crippen LogP contribution in [0.1, 0.15) is 145 Å². The van der Waals surface area contributed by atoms with E-state index in [2.05, 4.69) is 116 Å². The first-order valence-corrected chi connectivity index (χ1v) is 40.1. The zero-order valence-corrected chi connectivity index (χ0v) is 69.3. The average Bonchev–Trinajstić information content (AvgIpc) is 1.55. The minimum absolute atomic E-state index is 0. The number of rotatable bonds is 9. The fourth-order valence-electron chi connectivity index (χ4n) is 17.1. The first-order chi connectivity index (χ1) is 51.8. The molecule has 0 radical (unpaired) electrons. The Balaban J connectivity index is 0.000000143. The van der Waals surface area contributed by atoms with Crippen molar-refractivity contribution in [3.05, 3.63) is 176 Å². The van der Waals surface area contributed by atoms with Crippen LogP contribution in [-0.4, -0.2) is 139 Å². The van der Waals surface area contributed by atoms with E-state index < -0.39 is 11.2 Å². The van der Waals surface area contributed by atoms with Gasteiger partial charge in [0.2, 0.25) is 17.8 Å². The summed E-state index contributed by atoms with van der Waals surface area (Å²) >= 11 is 6.83. The van der Waals surface area contributed by atoms with Crippen LogP contribution < -0.4 is 60.6 Å². The van der Waals surface area contributed by atoms with Crippen LogP contribution >= 0.6 is 39.5 Å². The molecule has 3 aromatic carbocycles. The Morgan fingerprint density at radius 2 is 0.882 bits per heavy atom. The average molecular weight is 1610 g/mol. The molecular weight excluding hydrogens is 1510 g/mol. The maximum absolute atomic E-state index is 12.5. The van der Waals surface area contributed by atoms with Crippen molar-refractivity contribution in [2.75, 3.05) is 54.0 Å². The molecule has 3 saturated heterocycles. The Hall–Kier alpha value is -7.82. The van der Waals surface area contributed by atoms with E-state index in [4.69, 9.17) is 30.2 Å². The number of pyridine rings is 3. The fraction of sp³-hybridized carbons (Fsp3) is 0.434. The van der Waals surface area contributed by atoms with Crippen molar-refractivity contribution >= 4 is 133 Å². The molecule has 18 rings (SSSR count). The van der Waals surface area contributed by atoms with Gasteiger partial charge in [-0.3, -0.25) is 33.7 Å². The van der Waals surface area contributed by atoms with Gasteiger partial charge in [0, 0.05) is 156 Å². The quantitative estimate of drug-likeness (QED) is 0.0526. The molecule has 2 amide bonds. The third-order valence-electron chi connectivity index (χ3n) is 22.5. The van der Waals surface area contributed by atoms with Crippen LogP contribution in [0.5, 0.6) is 0 Å². The molecule has 3 saturated carbocycles. The number of nitrogens with two attached hydrogens (primary N) is 1. The zero-order valence-electron chi connectivity index (χ0n) is 63.2. The third kappa shape index (κ3) is 18.0. The number of ether oxygens (including phenoxy) is 2. The summed E-state index contributed by atoms with van der Waals surface area (Å²) in [6, 6.07) is 34.4. The van der Waals surface area contributed by atoms with Gasteiger partial charge in [-0.1, -0.05) is 103 Å². The number of piperidine rings is 3. The molecule has 9 aromatic heterocycles. The van der Waals surface area contributed by atoms with E-state index in [1.807, 2.05) is 162 Å². The molecule has 3 aliphatic carbocycles. The van der Waals surface area contributed by atoms with Gasteiger partial charge >= 0.3 is 41.7 Å². The predicted octanol–water partition coefficient (Wildman–Crippen LogP) is 14.2. The van der Waals surface area contributed by atoms with Crippen molar-refractivity contribution in [1.82, 2.24) is 68.7 Å². The van der Waals surface area contributed by atoms with E-state index >= 15 is 0 Å². The summed E-state index contributed by atoms with van der Waals surface area (Å²) < 4.78 is 18.4. The monoisotopic (exact) mass is 1610 g/mol. The van der Waals surface area contributed by atoms with Gasteiger partial charge < -0.3 is 64.5 Å². The molecule has 0 bridgehead atoms. The van der Waals surface area contributed by atoms with Crippen molar-refractivity contribution < 1.29 is 48.6 Å². The van der Waals surface area contributed by atoms with E-state index in [1.54, 1.807) is 42.1 Å². The van der Waals surface area contributed by atoms with Gasteiger partial charge in [0.25, 0.3) is 0 Å². The van der Waals surface area contributed by atoms with E-state index in [0.717, 1.165) is 203 Å². The molecule has 6 fully saturated rings. The predicted molar refractivity (Wildman–Crippen MR) is 442 cm³/mol. The standard InChI is InChI=1S/C29H34N6O2S.C24H26N6S.C20H28N5O2.C9H6BrN.CH4.Na.H2S/c1-28(2,3)37-27(36)33-24-10-5-11-29(24)12-16-34(17-13-29)26-32-19-23(25-31-15-18-35(25)26)38-22-9-4-8-21-20(22)7-6-14-30-21;25-21-7-2-8-24(21)9-13-29(14-10-24)23-28-16-20(22-27-12-15-30(22)23)31-19-6-1-5-18-17(19)4-3-11-26-18;1-19(2,3)27-18(26)23-15-5-4-7-20(15)8-12-24(13-9-20)17-22-10-6-16-21-11-14-25(16)17;10-8-4-1-5-9-7(8)3-2-6-11-9;;;/h4,6-9,14-15,18-19,24H,5,10-13,16-17H2,1-3H3,(H,33,36);1,3-6,11-12,15-16,21H,2,7-10,13-14,25H2;10-11,14-15H,4-5,7-9,12-13H2,1-3H3,(H,23,26);1-6H;1H4;;1H2/q;;-1;;;+1;/p-1/t24-;21-;15-;;;;/m111..../s1. The first kappa shape index (κ1) is 81.7. The number of carbonyl (C=O) groups is 2. The molecule has 110 heavy (non-hydrogen) atoms.